The molecule has 1 N–H and O–H groups in total. The third-order valence-electron chi connectivity index (χ3n) is 6.05. The number of piperidine rings is 2. The van der Waals surface area contributed by atoms with Crippen molar-refractivity contribution >= 4 is 0 Å². The molecule has 2 fully saturated rings. The lowest BCUT2D eigenvalue weighted by Gasteiger charge is -2.52. The predicted molar refractivity (Wildman–Crippen MR) is 97.7 cm³/mol. The van der Waals surface area contributed by atoms with E-state index in [1.54, 1.807) is 6.07 Å². The maximum Gasteiger partial charge on any atom is 0.129 e. The molecule has 0 spiro atoms. The van der Waals surface area contributed by atoms with Crippen LogP contribution in [0.3, 0.4) is 0 Å². The fourth-order valence-corrected chi connectivity index (χ4v) is 5.00. The van der Waals surface area contributed by atoms with Crippen molar-refractivity contribution in [3.05, 3.63) is 71.0 Å². The van der Waals surface area contributed by atoms with Gasteiger partial charge in [0.2, 0.25) is 0 Å². The van der Waals surface area contributed by atoms with Crippen LogP contribution in [-0.4, -0.2) is 22.1 Å². The van der Waals surface area contributed by atoms with Crippen LogP contribution in [0.5, 0.6) is 0 Å². The zero-order chi connectivity index (χ0) is 17.4. The molecule has 2 unspecified atom stereocenters. The molecule has 2 aliphatic rings. The summed E-state index contributed by atoms with van der Waals surface area (Å²) in [5, 5.41) is 11.4. The third kappa shape index (κ3) is 3.11. The Morgan fingerprint density at radius 2 is 1.72 bits per heavy atom. The zero-order valence-electron chi connectivity index (χ0n) is 14.8. The zero-order valence-corrected chi connectivity index (χ0v) is 14.8. The van der Waals surface area contributed by atoms with Gasteiger partial charge in [-0.3, -0.25) is 4.90 Å². The number of aliphatic hydroxyl groups is 1. The summed E-state index contributed by atoms with van der Waals surface area (Å²) in [5.41, 5.74) is 1.65. The molecule has 0 aromatic heterocycles. The van der Waals surface area contributed by atoms with Crippen LogP contribution in [-0.2, 0) is 12.1 Å². The molecule has 0 amide bonds. The van der Waals surface area contributed by atoms with Crippen molar-refractivity contribution in [2.75, 3.05) is 0 Å². The standard InChI is InChI=1S/C22H26FNO/c1-16-7-5-12-20(23)21(16)22(25)13-18-10-6-11-19(14-22)24(18)15-17-8-3-2-4-9-17/h2-5,7-9,12,18-19,25H,6,10-11,13-15H2,1H3. The summed E-state index contributed by atoms with van der Waals surface area (Å²) in [4.78, 5) is 2.55. The molecule has 0 aliphatic carbocycles. The Bertz CT molecular complexity index is 711. The first-order valence-electron chi connectivity index (χ1n) is 9.34. The summed E-state index contributed by atoms with van der Waals surface area (Å²) >= 11 is 0. The summed E-state index contributed by atoms with van der Waals surface area (Å²) in [7, 11) is 0. The second-order valence-electron chi connectivity index (χ2n) is 7.77. The number of rotatable bonds is 3. The third-order valence-corrected chi connectivity index (χ3v) is 6.05. The highest BCUT2D eigenvalue weighted by Gasteiger charge is 2.47. The van der Waals surface area contributed by atoms with E-state index < -0.39 is 5.60 Å². The molecule has 0 radical (unpaired) electrons. The van der Waals surface area contributed by atoms with Gasteiger partial charge in [0.15, 0.2) is 0 Å². The number of hydrogen-bond acceptors (Lipinski definition) is 2. The van der Waals surface area contributed by atoms with E-state index in [1.165, 1.54) is 18.1 Å². The number of benzene rings is 2. The van der Waals surface area contributed by atoms with E-state index in [-0.39, 0.29) is 5.82 Å². The van der Waals surface area contributed by atoms with Crippen LogP contribution >= 0.6 is 0 Å². The minimum absolute atomic E-state index is 0.267. The van der Waals surface area contributed by atoms with Crippen molar-refractivity contribution < 1.29 is 9.50 Å². The number of hydrogen-bond donors (Lipinski definition) is 1. The highest BCUT2D eigenvalue weighted by Crippen LogP contribution is 2.46. The van der Waals surface area contributed by atoms with Gasteiger partial charge in [0.05, 0.1) is 5.60 Å². The lowest BCUT2D eigenvalue weighted by Crippen LogP contribution is -2.56. The minimum Gasteiger partial charge on any atom is -0.385 e. The first kappa shape index (κ1) is 16.7. The fourth-order valence-electron chi connectivity index (χ4n) is 5.00. The fraction of sp³-hybridized carbons (Fsp3) is 0.455. The SMILES string of the molecule is Cc1cccc(F)c1C1(O)CC2CCCC(C1)N2Cc1ccccc1. The molecule has 132 valence electrons. The lowest BCUT2D eigenvalue weighted by molar-refractivity contribution is -0.102. The van der Waals surface area contributed by atoms with Crippen molar-refractivity contribution in [3.8, 4) is 0 Å². The van der Waals surface area contributed by atoms with E-state index in [0.717, 1.165) is 24.9 Å². The molecular weight excluding hydrogens is 313 g/mol. The number of nitrogens with zero attached hydrogens (tertiary/aromatic N) is 1. The molecule has 2 aliphatic heterocycles. The minimum atomic E-state index is -1.04. The molecule has 2 heterocycles. The Labute approximate surface area is 149 Å². The smallest absolute Gasteiger partial charge is 0.129 e. The summed E-state index contributed by atoms with van der Waals surface area (Å²) < 4.78 is 14.5. The van der Waals surface area contributed by atoms with Gasteiger partial charge in [-0.05, 0) is 49.8 Å². The molecule has 0 saturated carbocycles. The van der Waals surface area contributed by atoms with Gasteiger partial charge >= 0.3 is 0 Å². The van der Waals surface area contributed by atoms with Crippen LogP contribution in [0, 0.1) is 12.7 Å². The molecule has 2 nitrogen and oxygen atoms in total. The van der Waals surface area contributed by atoms with Crippen LogP contribution in [0.2, 0.25) is 0 Å². The molecular formula is C22H26FNO. The van der Waals surface area contributed by atoms with Gasteiger partial charge in [-0.2, -0.15) is 0 Å². The topological polar surface area (TPSA) is 23.5 Å². The number of halogens is 1. The quantitative estimate of drug-likeness (QED) is 0.887. The van der Waals surface area contributed by atoms with E-state index in [4.69, 9.17) is 0 Å². The van der Waals surface area contributed by atoms with Crippen LogP contribution < -0.4 is 0 Å². The summed E-state index contributed by atoms with van der Waals surface area (Å²) in [6, 6.07) is 16.3. The van der Waals surface area contributed by atoms with E-state index >= 15 is 0 Å². The molecule has 2 saturated heterocycles. The predicted octanol–water partition coefficient (Wildman–Crippen LogP) is 4.54. The van der Waals surface area contributed by atoms with Crippen LogP contribution in [0.25, 0.3) is 0 Å². The normalized spacial score (nSPS) is 29.6. The van der Waals surface area contributed by atoms with Crippen LogP contribution in [0.1, 0.15) is 48.8 Å². The number of aryl methyl sites for hydroxylation is 1. The molecule has 25 heavy (non-hydrogen) atoms. The van der Waals surface area contributed by atoms with Gasteiger partial charge in [0, 0.05) is 24.2 Å². The average molecular weight is 339 g/mol. The molecule has 2 aromatic rings. The molecule has 3 heteroatoms. The van der Waals surface area contributed by atoms with Crippen molar-refractivity contribution in [2.45, 2.75) is 63.3 Å². The Morgan fingerprint density at radius 1 is 1.04 bits per heavy atom. The Hall–Kier alpha value is -1.71. The maximum absolute atomic E-state index is 14.5. The molecule has 2 atom stereocenters. The molecule has 4 rings (SSSR count). The average Bonchev–Trinajstić information content (AvgIpc) is 2.57. The van der Waals surface area contributed by atoms with Crippen molar-refractivity contribution in [1.29, 1.82) is 0 Å². The highest BCUT2D eigenvalue weighted by molar-refractivity contribution is 5.34. The van der Waals surface area contributed by atoms with E-state index in [1.807, 2.05) is 19.1 Å². The van der Waals surface area contributed by atoms with Gasteiger partial charge in [-0.25, -0.2) is 4.39 Å². The van der Waals surface area contributed by atoms with Gasteiger partial charge < -0.3 is 5.11 Å². The van der Waals surface area contributed by atoms with E-state index in [9.17, 15) is 9.50 Å². The van der Waals surface area contributed by atoms with Gasteiger partial charge in [-0.1, -0.05) is 48.9 Å². The lowest BCUT2D eigenvalue weighted by atomic mass is 9.71. The van der Waals surface area contributed by atoms with E-state index in [2.05, 4.69) is 29.2 Å². The monoisotopic (exact) mass is 339 g/mol. The van der Waals surface area contributed by atoms with Crippen molar-refractivity contribution in [1.82, 2.24) is 4.90 Å². The second kappa shape index (κ2) is 6.54. The Kier molecular flexibility index (Phi) is 4.38. The van der Waals surface area contributed by atoms with Crippen molar-refractivity contribution in [3.63, 3.8) is 0 Å². The molecule has 2 aromatic carbocycles. The van der Waals surface area contributed by atoms with Gasteiger partial charge in [-0.15, -0.1) is 0 Å². The van der Waals surface area contributed by atoms with Crippen molar-refractivity contribution in [2.24, 2.45) is 0 Å². The Balaban J connectivity index is 1.63. The first-order valence-corrected chi connectivity index (χ1v) is 9.34. The molecule has 2 bridgehead atoms. The summed E-state index contributed by atoms with van der Waals surface area (Å²) in [6.07, 6.45) is 4.61. The summed E-state index contributed by atoms with van der Waals surface area (Å²) in [6.45, 7) is 2.82. The Morgan fingerprint density at radius 3 is 2.36 bits per heavy atom. The maximum atomic E-state index is 14.5. The van der Waals surface area contributed by atoms with Crippen LogP contribution in [0.4, 0.5) is 4.39 Å². The first-order chi connectivity index (χ1) is 12.1. The highest BCUT2D eigenvalue weighted by atomic mass is 19.1. The number of fused-ring (bicyclic) bond motifs is 2. The second-order valence-corrected chi connectivity index (χ2v) is 7.77. The van der Waals surface area contributed by atoms with Gasteiger partial charge in [0.25, 0.3) is 0 Å². The summed E-state index contributed by atoms with van der Waals surface area (Å²) in [5.74, 6) is -0.267. The largest absolute Gasteiger partial charge is 0.385 e. The van der Waals surface area contributed by atoms with Gasteiger partial charge in [0.1, 0.15) is 5.82 Å². The van der Waals surface area contributed by atoms with E-state index in [0.29, 0.717) is 30.5 Å². The van der Waals surface area contributed by atoms with Crippen LogP contribution in [0.15, 0.2) is 48.5 Å².